The minimum absolute atomic E-state index is 0.109. The summed E-state index contributed by atoms with van der Waals surface area (Å²) in [5.41, 5.74) is 5.01. The van der Waals surface area contributed by atoms with Crippen molar-refractivity contribution in [1.82, 2.24) is 10.2 Å². The molecule has 0 bridgehead atoms. The Morgan fingerprint density at radius 2 is 1.89 bits per heavy atom. The van der Waals surface area contributed by atoms with Crippen LogP contribution in [0.4, 0.5) is 10.8 Å². The largest absolute Gasteiger partial charge is 0.497 e. The van der Waals surface area contributed by atoms with Crippen molar-refractivity contribution in [2.75, 3.05) is 18.2 Å². The van der Waals surface area contributed by atoms with Crippen molar-refractivity contribution in [2.45, 2.75) is 25.1 Å². The molecular formula is C20H21N3O2S2. The molecule has 0 spiro atoms. The molecule has 0 fully saturated rings. The standard InChI is InChI=1S/C20H21N3O2S2/c1-12-8-14(3)17(9-13(12)2)18(24)11-26-20-23-22-19(27-20)21-15-6-5-7-16(10-15)25-4/h5-10H,11H2,1-4H3,(H,21,22). The normalized spacial score (nSPS) is 10.7. The monoisotopic (exact) mass is 399 g/mol. The van der Waals surface area contributed by atoms with Gasteiger partial charge >= 0.3 is 0 Å². The van der Waals surface area contributed by atoms with Crippen LogP contribution in [0.15, 0.2) is 40.7 Å². The van der Waals surface area contributed by atoms with Crippen LogP contribution in [-0.2, 0) is 0 Å². The summed E-state index contributed by atoms with van der Waals surface area (Å²) < 4.78 is 5.98. The quantitative estimate of drug-likeness (QED) is 0.436. The van der Waals surface area contributed by atoms with Gasteiger partial charge in [0.05, 0.1) is 12.9 Å². The molecule has 3 aromatic rings. The number of thioether (sulfide) groups is 1. The number of hydrogen-bond donors (Lipinski definition) is 1. The second-order valence-corrected chi connectivity index (χ2v) is 8.39. The molecule has 1 aromatic heterocycles. The molecule has 27 heavy (non-hydrogen) atoms. The molecule has 1 heterocycles. The van der Waals surface area contributed by atoms with Crippen LogP contribution in [-0.4, -0.2) is 28.8 Å². The van der Waals surface area contributed by atoms with E-state index in [9.17, 15) is 4.79 Å². The molecule has 0 aliphatic rings. The predicted molar refractivity (Wildman–Crippen MR) is 112 cm³/mol. The second-order valence-electron chi connectivity index (χ2n) is 6.19. The van der Waals surface area contributed by atoms with Crippen LogP contribution < -0.4 is 10.1 Å². The van der Waals surface area contributed by atoms with Gasteiger partial charge in [-0.2, -0.15) is 0 Å². The van der Waals surface area contributed by atoms with Crippen molar-refractivity contribution in [3.8, 4) is 5.75 Å². The van der Waals surface area contributed by atoms with Crippen molar-refractivity contribution in [2.24, 2.45) is 0 Å². The number of carbonyl (C=O) groups excluding carboxylic acids is 1. The minimum atomic E-state index is 0.109. The SMILES string of the molecule is COc1cccc(Nc2nnc(SCC(=O)c3cc(C)c(C)cc3C)s2)c1. The number of aromatic nitrogens is 2. The smallest absolute Gasteiger partial charge is 0.210 e. The number of Topliss-reactive ketones (excluding diaryl/α,β-unsaturated/α-hetero) is 1. The van der Waals surface area contributed by atoms with Gasteiger partial charge in [-0.25, -0.2) is 0 Å². The number of nitrogens with one attached hydrogen (secondary N) is 1. The Kier molecular flexibility index (Phi) is 6.13. The summed E-state index contributed by atoms with van der Waals surface area (Å²) in [6.07, 6.45) is 0. The number of anilines is 2. The molecule has 0 saturated carbocycles. The number of benzene rings is 2. The first-order valence-electron chi connectivity index (χ1n) is 8.44. The first-order valence-corrected chi connectivity index (χ1v) is 10.2. The summed E-state index contributed by atoms with van der Waals surface area (Å²) >= 11 is 2.84. The third-order valence-corrected chi connectivity index (χ3v) is 6.17. The second kappa shape index (κ2) is 8.54. The molecule has 0 unspecified atom stereocenters. The highest BCUT2D eigenvalue weighted by atomic mass is 32.2. The maximum atomic E-state index is 12.6. The Bertz CT molecular complexity index is 970. The molecule has 0 aliphatic carbocycles. The fourth-order valence-corrected chi connectivity index (χ4v) is 4.26. The molecule has 0 radical (unpaired) electrons. The van der Waals surface area contributed by atoms with E-state index in [2.05, 4.69) is 28.5 Å². The highest BCUT2D eigenvalue weighted by molar-refractivity contribution is 8.01. The number of carbonyl (C=O) groups is 1. The van der Waals surface area contributed by atoms with Crippen LogP contribution in [0.25, 0.3) is 0 Å². The van der Waals surface area contributed by atoms with Gasteiger partial charge in [-0.05, 0) is 55.7 Å². The van der Waals surface area contributed by atoms with E-state index in [0.29, 0.717) is 10.9 Å². The van der Waals surface area contributed by atoms with Crippen molar-refractivity contribution >= 4 is 39.7 Å². The Morgan fingerprint density at radius 1 is 1.11 bits per heavy atom. The predicted octanol–water partition coefficient (Wildman–Crippen LogP) is 5.19. The maximum Gasteiger partial charge on any atom is 0.210 e. The van der Waals surface area contributed by atoms with Crippen molar-refractivity contribution in [3.63, 3.8) is 0 Å². The van der Waals surface area contributed by atoms with Gasteiger partial charge in [0.1, 0.15) is 5.75 Å². The van der Waals surface area contributed by atoms with E-state index in [1.807, 2.05) is 44.2 Å². The molecule has 0 atom stereocenters. The maximum absolute atomic E-state index is 12.6. The molecular weight excluding hydrogens is 378 g/mol. The van der Waals surface area contributed by atoms with Crippen molar-refractivity contribution in [1.29, 1.82) is 0 Å². The summed E-state index contributed by atoms with van der Waals surface area (Å²) in [6.45, 7) is 6.06. The van der Waals surface area contributed by atoms with Crippen LogP contribution in [0, 0.1) is 20.8 Å². The number of nitrogens with zero attached hydrogens (tertiary/aromatic N) is 2. The number of rotatable bonds is 7. The summed E-state index contributed by atoms with van der Waals surface area (Å²) in [5, 5.41) is 12.2. The molecule has 0 amide bonds. The van der Waals surface area contributed by atoms with E-state index in [-0.39, 0.29) is 5.78 Å². The van der Waals surface area contributed by atoms with E-state index < -0.39 is 0 Å². The first-order chi connectivity index (χ1) is 13.0. The topological polar surface area (TPSA) is 64.1 Å². The molecule has 0 saturated heterocycles. The van der Waals surface area contributed by atoms with Crippen LogP contribution in [0.1, 0.15) is 27.0 Å². The zero-order valence-corrected chi connectivity index (χ0v) is 17.3. The lowest BCUT2D eigenvalue weighted by Gasteiger charge is -2.08. The first kappa shape index (κ1) is 19.4. The summed E-state index contributed by atoms with van der Waals surface area (Å²) in [4.78, 5) is 12.6. The Labute approximate surface area is 167 Å². The third kappa shape index (κ3) is 4.87. The lowest BCUT2D eigenvalue weighted by molar-refractivity contribution is 0.102. The van der Waals surface area contributed by atoms with Gasteiger partial charge in [0.25, 0.3) is 0 Å². The molecule has 140 valence electrons. The highest BCUT2D eigenvalue weighted by Crippen LogP contribution is 2.29. The van der Waals surface area contributed by atoms with Crippen LogP contribution in [0.2, 0.25) is 0 Å². The Morgan fingerprint density at radius 3 is 2.67 bits per heavy atom. The van der Waals surface area contributed by atoms with Gasteiger partial charge in [0.15, 0.2) is 10.1 Å². The van der Waals surface area contributed by atoms with Gasteiger partial charge < -0.3 is 10.1 Å². The van der Waals surface area contributed by atoms with Crippen LogP contribution in [0.5, 0.6) is 5.75 Å². The summed E-state index contributed by atoms with van der Waals surface area (Å²) in [5.74, 6) is 1.23. The highest BCUT2D eigenvalue weighted by Gasteiger charge is 2.13. The van der Waals surface area contributed by atoms with Crippen LogP contribution in [0.3, 0.4) is 0 Å². The van der Waals surface area contributed by atoms with E-state index in [4.69, 9.17) is 4.74 Å². The molecule has 3 rings (SSSR count). The third-order valence-electron chi connectivity index (χ3n) is 4.20. The molecule has 0 aliphatic heterocycles. The lowest BCUT2D eigenvalue weighted by atomic mass is 9.99. The average molecular weight is 400 g/mol. The summed E-state index contributed by atoms with van der Waals surface area (Å²) in [7, 11) is 1.63. The van der Waals surface area contributed by atoms with Crippen molar-refractivity contribution < 1.29 is 9.53 Å². The fraction of sp³-hybridized carbons (Fsp3) is 0.250. The van der Waals surface area contributed by atoms with E-state index >= 15 is 0 Å². The number of methoxy groups -OCH3 is 1. The van der Waals surface area contributed by atoms with Gasteiger partial charge in [-0.15, -0.1) is 10.2 Å². The number of aryl methyl sites for hydroxylation is 3. The lowest BCUT2D eigenvalue weighted by Crippen LogP contribution is -2.06. The van der Waals surface area contributed by atoms with Gasteiger partial charge in [0, 0.05) is 17.3 Å². The summed E-state index contributed by atoms with van der Waals surface area (Å²) in [6, 6.07) is 11.6. The number of ketones is 1. The number of hydrogen-bond acceptors (Lipinski definition) is 7. The van der Waals surface area contributed by atoms with Gasteiger partial charge in [-0.3, -0.25) is 4.79 Å². The fourth-order valence-electron chi connectivity index (χ4n) is 2.61. The van der Waals surface area contributed by atoms with Gasteiger partial charge in [0.2, 0.25) is 5.13 Å². The molecule has 7 heteroatoms. The minimum Gasteiger partial charge on any atom is -0.497 e. The van der Waals surface area contributed by atoms with E-state index in [1.165, 1.54) is 28.7 Å². The average Bonchev–Trinajstić information content (AvgIpc) is 3.10. The van der Waals surface area contributed by atoms with Crippen LogP contribution >= 0.6 is 23.1 Å². The Balaban J connectivity index is 1.62. The molecule has 5 nitrogen and oxygen atoms in total. The van der Waals surface area contributed by atoms with E-state index in [0.717, 1.165) is 32.5 Å². The van der Waals surface area contributed by atoms with Gasteiger partial charge in [-0.1, -0.05) is 35.2 Å². The zero-order chi connectivity index (χ0) is 19.4. The van der Waals surface area contributed by atoms with Crippen molar-refractivity contribution in [3.05, 3.63) is 58.7 Å². The Hall–Kier alpha value is -2.38. The van der Waals surface area contributed by atoms with E-state index in [1.54, 1.807) is 7.11 Å². The molecule has 1 N–H and O–H groups in total. The molecule has 2 aromatic carbocycles. The zero-order valence-electron chi connectivity index (χ0n) is 15.7. The number of ether oxygens (including phenoxy) is 1.